The van der Waals surface area contributed by atoms with Gasteiger partial charge in [-0.05, 0) is 31.1 Å². The molecule has 0 spiro atoms. The summed E-state index contributed by atoms with van der Waals surface area (Å²) in [5.41, 5.74) is 0.576. The van der Waals surface area contributed by atoms with Gasteiger partial charge in [-0.3, -0.25) is 0 Å². The molecule has 0 aromatic carbocycles. The second-order valence-electron chi connectivity index (χ2n) is 4.56. The third-order valence-electron chi connectivity index (χ3n) is 3.37. The first kappa shape index (κ1) is 12.5. The second-order valence-corrected chi connectivity index (χ2v) is 5.12. The summed E-state index contributed by atoms with van der Waals surface area (Å²) in [7, 11) is 0. The molecule has 1 saturated carbocycles. The van der Waals surface area contributed by atoms with Gasteiger partial charge in [0.2, 0.25) is 0 Å². The minimum atomic E-state index is 0.576. The first-order valence-corrected chi connectivity index (χ1v) is 7.09. The Kier molecular flexibility index (Phi) is 6.11. The van der Waals surface area contributed by atoms with Gasteiger partial charge in [-0.1, -0.05) is 42.1 Å². The van der Waals surface area contributed by atoms with Gasteiger partial charge in [0, 0.05) is 18.5 Å². The molecule has 0 aromatic rings. The molecule has 1 aliphatic carbocycles. The monoisotopic (exact) mass is 262 g/mol. The molecule has 0 amide bonds. The van der Waals surface area contributed by atoms with Gasteiger partial charge in [0.05, 0.1) is 0 Å². The van der Waals surface area contributed by atoms with E-state index in [9.17, 15) is 0 Å². The predicted molar refractivity (Wildman–Crippen MR) is 65.0 cm³/mol. The van der Waals surface area contributed by atoms with Crippen LogP contribution >= 0.6 is 15.9 Å². The largest absolute Gasteiger partial charge is 0.381 e. The van der Waals surface area contributed by atoms with Crippen LogP contribution < -0.4 is 0 Å². The lowest BCUT2D eigenvalue weighted by atomic mass is 9.85. The lowest BCUT2D eigenvalue weighted by Crippen LogP contribution is -2.20. The lowest BCUT2D eigenvalue weighted by Gasteiger charge is -2.26. The highest BCUT2D eigenvalue weighted by atomic mass is 79.9. The molecule has 1 nitrogen and oxygen atoms in total. The van der Waals surface area contributed by atoms with E-state index in [1.807, 2.05) is 0 Å². The summed E-state index contributed by atoms with van der Waals surface area (Å²) in [6, 6.07) is 0. The zero-order chi connectivity index (χ0) is 10.3. The van der Waals surface area contributed by atoms with Crippen molar-refractivity contribution < 1.29 is 4.74 Å². The van der Waals surface area contributed by atoms with E-state index in [-0.39, 0.29) is 0 Å². The third kappa shape index (κ3) is 3.90. The Morgan fingerprint density at radius 3 is 2.50 bits per heavy atom. The standard InChI is InChI=1S/C12H23BrO/c1-2-3-9-14-10-8-12(11-13)6-4-5-7-12/h2-11H2,1H3. The molecule has 0 heterocycles. The Balaban J connectivity index is 2.08. The summed E-state index contributed by atoms with van der Waals surface area (Å²) in [4.78, 5) is 0. The summed E-state index contributed by atoms with van der Waals surface area (Å²) in [6.45, 7) is 4.13. The number of hydrogen-bond donors (Lipinski definition) is 0. The first-order valence-electron chi connectivity index (χ1n) is 5.97. The van der Waals surface area contributed by atoms with Crippen LogP contribution in [0.1, 0.15) is 51.9 Å². The Morgan fingerprint density at radius 2 is 1.93 bits per heavy atom. The molecule has 1 fully saturated rings. The maximum atomic E-state index is 5.64. The molecule has 0 radical (unpaired) electrons. The third-order valence-corrected chi connectivity index (χ3v) is 4.56. The normalized spacial score (nSPS) is 20.1. The fraction of sp³-hybridized carbons (Fsp3) is 1.00. The van der Waals surface area contributed by atoms with Crippen molar-refractivity contribution in [2.24, 2.45) is 5.41 Å². The van der Waals surface area contributed by atoms with Gasteiger partial charge in [0.1, 0.15) is 0 Å². The number of ether oxygens (including phenoxy) is 1. The molecule has 0 atom stereocenters. The van der Waals surface area contributed by atoms with Crippen molar-refractivity contribution >= 4 is 15.9 Å². The molecule has 0 saturated heterocycles. The molecule has 14 heavy (non-hydrogen) atoms. The minimum absolute atomic E-state index is 0.576. The number of hydrogen-bond acceptors (Lipinski definition) is 1. The Morgan fingerprint density at radius 1 is 1.21 bits per heavy atom. The molecule has 0 aliphatic heterocycles. The maximum Gasteiger partial charge on any atom is 0.0471 e. The zero-order valence-electron chi connectivity index (χ0n) is 9.36. The van der Waals surface area contributed by atoms with Crippen LogP contribution in [0.25, 0.3) is 0 Å². The summed E-state index contributed by atoms with van der Waals surface area (Å²) in [6.07, 6.45) is 9.33. The van der Waals surface area contributed by atoms with E-state index < -0.39 is 0 Å². The maximum absolute atomic E-state index is 5.64. The van der Waals surface area contributed by atoms with Gasteiger partial charge in [-0.2, -0.15) is 0 Å². The number of alkyl halides is 1. The van der Waals surface area contributed by atoms with Gasteiger partial charge in [-0.15, -0.1) is 0 Å². The smallest absolute Gasteiger partial charge is 0.0471 e. The van der Waals surface area contributed by atoms with Crippen LogP contribution in [0.15, 0.2) is 0 Å². The van der Waals surface area contributed by atoms with Crippen LogP contribution in [-0.2, 0) is 4.74 Å². The summed E-state index contributed by atoms with van der Waals surface area (Å²) >= 11 is 3.66. The van der Waals surface area contributed by atoms with E-state index in [1.54, 1.807) is 0 Å². The van der Waals surface area contributed by atoms with Crippen LogP contribution in [0.2, 0.25) is 0 Å². The summed E-state index contributed by atoms with van der Waals surface area (Å²) < 4.78 is 5.64. The van der Waals surface area contributed by atoms with Crippen molar-refractivity contribution in [2.45, 2.75) is 51.9 Å². The minimum Gasteiger partial charge on any atom is -0.381 e. The average molecular weight is 263 g/mol. The van der Waals surface area contributed by atoms with Crippen molar-refractivity contribution in [3.05, 3.63) is 0 Å². The molecule has 1 aliphatic rings. The van der Waals surface area contributed by atoms with E-state index in [2.05, 4.69) is 22.9 Å². The number of rotatable bonds is 7. The van der Waals surface area contributed by atoms with E-state index in [0.29, 0.717) is 5.41 Å². The fourth-order valence-corrected chi connectivity index (χ4v) is 3.05. The predicted octanol–water partition coefficient (Wildman–Crippen LogP) is 4.15. The van der Waals surface area contributed by atoms with Gasteiger partial charge in [0.15, 0.2) is 0 Å². The molecular weight excluding hydrogens is 240 g/mol. The van der Waals surface area contributed by atoms with Crippen LogP contribution in [0, 0.1) is 5.41 Å². The average Bonchev–Trinajstić information content (AvgIpc) is 2.67. The van der Waals surface area contributed by atoms with E-state index in [4.69, 9.17) is 4.74 Å². The van der Waals surface area contributed by atoms with Crippen molar-refractivity contribution in [1.29, 1.82) is 0 Å². The quantitative estimate of drug-likeness (QED) is 0.495. The van der Waals surface area contributed by atoms with Gasteiger partial charge in [-0.25, -0.2) is 0 Å². The van der Waals surface area contributed by atoms with Gasteiger partial charge < -0.3 is 4.74 Å². The second kappa shape index (κ2) is 6.84. The SMILES string of the molecule is CCCCOCCC1(CBr)CCCC1. The number of halogens is 1. The van der Waals surface area contributed by atoms with Gasteiger partial charge >= 0.3 is 0 Å². The van der Waals surface area contributed by atoms with Crippen LogP contribution in [0.3, 0.4) is 0 Å². The van der Waals surface area contributed by atoms with Crippen molar-refractivity contribution in [3.8, 4) is 0 Å². The highest BCUT2D eigenvalue weighted by Crippen LogP contribution is 2.42. The lowest BCUT2D eigenvalue weighted by molar-refractivity contribution is 0.0999. The molecule has 2 heteroatoms. The van der Waals surface area contributed by atoms with E-state index in [1.165, 1.54) is 44.9 Å². The molecule has 84 valence electrons. The van der Waals surface area contributed by atoms with Crippen LogP contribution in [-0.4, -0.2) is 18.5 Å². The summed E-state index contributed by atoms with van der Waals surface area (Å²) in [5, 5.41) is 1.16. The van der Waals surface area contributed by atoms with Gasteiger partial charge in [0.25, 0.3) is 0 Å². The molecule has 0 bridgehead atoms. The zero-order valence-corrected chi connectivity index (χ0v) is 10.9. The Hall–Kier alpha value is 0.440. The van der Waals surface area contributed by atoms with E-state index >= 15 is 0 Å². The van der Waals surface area contributed by atoms with Crippen molar-refractivity contribution in [1.82, 2.24) is 0 Å². The van der Waals surface area contributed by atoms with Crippen molar-refractivity contribution in [2.75, 3.05) is 18.5 Å². The topological polar surface area (TPSA) is 9.23 Å². The Labute approximate surface area is 96.7 Å². The molecule has 0 aromatic heterocycles. The molecule has 0 N–H and O–H groups in total. The van der Waals surface area contributed by atoms with Crippen molar-refractivity contribution in [3.63, 3.8) is 0 Å². The molecule has 1 rings (SSSR count). The Bertz CT molecular complexity index is 141. The summed E-state index contributed by atoms with van der Waals surface area (Å²) in [5.74, 6) is 0. The first-order chi connectivity index (χ1) is 6.83. The van der Waals surface area contributed by atoms with E-state index in [0.717, 1.165) is 18.5 Å². The fourth-order valence-electron chi connectivity index (χ4n) is 2.21. The van der Waals surface area contributed by atoms with Crippen LogP contribution in [0.5, 0.6) is 0 Å². The molecule has 0 unspecified atom stereocenters. The highest BCUT2D eigenvalue weighted by Gasteiger charge is 2.32. The highest BCUT2D eigenvalue weighted by molar-refractivity contribution is 9.09. The van der Waals surface area contributed by atoms with Crippen LogP contribution in [0.4, 0.5) is 0 Å². The molecular formula is C12H23BrO. The number of unbranched alkanes of at least 4 members (excludes halogenated alkanes) is 1.